The quantitative estimate of drug-likeness (QED) is 0.736. The molecular weight excluding hydrogens is 344 g/mol. The van der Waals surface area contributed by atoms with Crippen molar-refractivity contribution < 1.29 is 28.2 Å². The second-order valence-electron chi connectivity index (χ2n) is 5.61. The number of rotatable bonds is 9. The fraction of sp³-hybridized carbons (Fsp3) is 0.263. The number of halogens is 2. The molecule has 2 aromatic rings. The van der Waals surface area contributed by atoms with Crippen LogP contribution in [-0.2, 0) is 11.3 Å². The first-order valence-electron chi connectivity index (χ1n) is 8.05. The van der Waals surface area contributed by atoms with Crippen molar-refractivity contribution in [3.63, 3.8) is 0 Å². The van der Waals surface area contributed by atoms with Crippen LogP contribution in [0.5, 0.6) is 5.75 Å². The van der Waals surface area contributed by atoms with Crippen LogP contribution in [0.15, 0.2) is 54.6 Å². The van der Waals surface area contributed by atoms with Gasteiger partial charge in [0.25, 0.3) is 5.91 Å². The number of carboxylic acids is 1. The molecule has 2 aromatic carbocycles. The molecule has 0 unspecified atom stereocenters. The van der Waals surface area contributed by atoms with Crippen LogP contribution >= 0.6 is 0 Å². The summed E-state index contributed by atoms with van der Waals surface area (Å²) < 4.78 is 28.7. The van der Waals surface area contributed by atoms with Gasteiger partial charge in [-0.25, -0.2) is 0 Å². The smallest absolute Gasteiger partial charge is 0.387 e. The lowest BCUT2D eigenvalue weighted by Crippen LogP contribution is -2.31. The van der Waals surface area contributed by atoms with Gasteiger partial charge in [-0.3, -0.25) is 9.59 Å². The summed E-state index contributed by atoms with van der Waals surface area (Å²) in [6.45, 7) is -2.33. The monoisotopic (exact) mass is 363 g/mol. The van der Waals surface area contributed by atoms with Crippen LogP contribution in [0.2, 0.25) is 0 Å². The van der Waals surface area contributed by atoms with Gasteiger partial charge in [-0.05, 0) is 36.2 Å². The van der Waals surface area contributed by atoms with Gasteiger partial charge < -0.3 is 14.7 Å². The molecule has 0 bridgehead atoms. The SMILES string of the molecule is O=C(O)CCCN(Cc1ccccc1)C(=O)c1ccc(OC(F)F)cc1. The van der Waals surface area contributed by atoms with Crippen LogP contribution < -0.4 is 4.74 Å². The van der Waals surface area contributed by atoms with Gasteiger partial charge in [0.05, 0.1) is 0 Å². The maximum absolute atomic E-state index is 12.7. The zero-order chi connectivity index (χ0) is 18.9. The van der Waals surface area contributed by atoms with E-state index in [2.05, 4.69) is 4.74 Å². The summed E-state index contributed by atoms with van der Waals surface area (Å²) in [7, 11) is 0. The topological polar surface area (TPSA) is 66.8 Å². The molecule has 2 rings (SSSR count). The lowest BCUT2D eigenvalue weighted by atomic mass is 10.1. The van der Waals surface area contributed by atoms with Crippen molar-refractivity contribution in [1.82, 2.24) is 4.90 Å². The van der Waals surface area contributed by atoms with E-state index in [4.69, 9.17) is 5.11 Å². The molecule has 0 saturated carbocycles. The van der Waals surface area contributed by atoms with Gasteiger partial charge in [-0.2, -0.15) is 8.78 Å². The lowest BCUT2D eigenvalue weighted by molar-refractivity contribution is -0.137. The average molecular weight is 363 g/mol. The minimum absolute atomic E-state index is 0.0305. The van der Waals surface area contributed by atoms with E-state index in [1.165, 1.54) is 24.3 Å². The summed E-state index contributed by atoms with van der Waals surface area (Å²) in [5.74, 6) is -1.26. The number of ether oxygens (including phenoxy) is 1. The predicted octanol–water partition coefficient (Wildman–Crippen LogP) is 3.80. The molecule has 1 N–H and O–H groups in total. The van der Waals surface area contributed by atoms with Crippen LogP contribution in [0.25, 0.3) is 0 Å². The zero-order valence-electron chi connectivity index (χ0n) is 14.0. The van der Waals surface area contributed by atoms with E-state index in [1.54, 1.807) is 4.90 Å². The van der Waals surface area contributed by atoms with E-state index in [0.29, 0.717) is 18.5 Å². The van der Waals surface area contributed by atoms with Crippen molar-refractivity contribution >= 4 is 11.9 Å². The molecule has 0 aliphatic rings. The Morgan fingerprint density at radius 3 is 2.27 bits per heavy atom. The summed E-state index contributed by atoms with van der Waals surface area (Å²) in [5, 5.41) is 8.80. The van der Waals surface area contributed by atoms with Crippen LogP contribution in [0.4, 0.5) is 8.78 Å². The summed E-state index contributed by atoms with van der Waals surface area (Å²) >= 11 is 0. The summed E-state index contributed by atoms with van der Waals surface area (Å²) in [6, 6.07) is 14.7. The Morgan fingerprint density at radius 2 is 1.69 bits per heavy atom. The van der Waals surface area contributed by atoms with Gasteiger partial charge in [-0.1, -0.05) is 30.3 Å². The number of hydrogen-bond acceptors (Lipinski definition) is 3. The molecule has 138 valence electrons. The van der Waals surface area contributed by atoms with E-state index >= 15 is 0 Å². The lowest BCUT2D eigenvalue weighted by Gasteiger charge is -2.23. The van der Waals surface area contributed by atoms with E-state index in [1.807, 2.05) is 30.3 Å². The highest BCUT2D eigenvalue weighted by Gasteiger charge is 2.17. The van der Waals surface area contributed by atoms with Crippen LogP contribution in [0.3, 0.4) is 0 Å². The Kier molecular flexibility index (Phi) is 7.08. The van der Waals surface area contributed by atoms with Crippen molar-refractivity contribution in [3.8, 4) is 5.75 Å². The Balaban J connectivity index is 2.11. The molecule has 0 saturated heterocycles. The predicted molar refractivity (Wildman–Crippen MR) is 91.1 cm³/mol. The summed E-state index contributed by atoms with van der Waals surface area (Å²) in [5.41, 5.74) is 1.23. The number of benzene rings is 2. The molecule has 5 nitrogen and oxygen atoms in total. The highest BCUT2D eigenvalue weighted by molar-refractivity contribution is 5.94. The highest BCUT2D eigenvalue weighted by atomic mass is 19.3. The second kappa shape index (κ2) is 9.50. The number of nitrogens with zero attached hydrogens (tertiary/aromatic N) is 1. The molecule has 1 amide bonds. The number of aliphatic carboxylic acids is 1. The molecule has 0 aromatic heterocycles. The Morgan fingerprint density at radius 1 is 1.04 bits per heavy atom. The summed E-state index contributed by atoms with van der Waals surface area (Å²) in [4.78, 5) is 25.0. The third-order valence-corrected chi connectivity index (χ3v) is 3.65. The van der Waals surface area contributed by atoms with Crippen LogP contribution in [0, 0.1) is 0 Å². The maximum atomic E-state index is 12.7. The Hall–Kier alpha value is -2.96. The Bertz CT molecular complexity index is 720. The zero-order valence-corrected chi connectivity index (χ0v) is 14.0. The molecular formula is C19H19F2NO4. The number of carbonyl (C=O) groups excluding carboxylic acids is 1. The Labute approximate surface area is 149 Å². The number of carboxylic acid groups (broad SMARTS) is 1. The fourth-order valence-electron chi connectivity index (χ4n) is 2.44. The van der Waals surface area contributed by atoms with Crippen molar-refractivity contribution in [3.05, 3.63) is 65.7 Å². The van der Waals surface area contributed by atoms with Gasteiger partial charge >= 0.3 is 12.6 Å². The maximum Gasteiger partial charge on any atom is 0.387 e. The van der Waals surface area contributed by atoms with Crippen molar-refractivity contribution in [2.45, 2.75) is 26.0 Å². The van der Waals surface area contributed by atoms with Crippen molar-refractivity contribution in [2.75, 3.05) is 6.54 Å². The van der Waals surface area contributed by atoms with Crippen LogP contribution in [-0.4, -0.2) is 35.0 Å². The number of carbonyl (C=O) groups is 2. The second-order valence-corrected chi connectivity index (χ2v) is 5.61. The van der Waals surface area contributed by atoms with E-state index < -0.39 is 12.6 Å². The molecule has 7 heteroatoms. The van der Waals surface area contributed by atoms with E-state index in [0.717, 1.165) is 5.56 Å². The summed E-state index contributed by atoms with van der Waals surface area (Å²) in [6.07, 6.45) is 0.278. The van der Waals surface area contributed by atoms with E-state index in [-0.39, 0.29) is 24.6 Å². The van der Waals surface area contributed by atoms with Crippen molar-refractivity contribution in [1.29, 1.82) is 0 Å². The molecule has 0 atom stereocenters. The highest BCUT2D eigenvalue weighted by Crippen LogP contribution is 2.17. The van der Waals surface area contributed by atoms with E-state index in [9.17, 15) is 18.4 Å². The first-order chi connectivity index (χ1) is 12.5. The average Bonchev–Trinajstić information content (AvgIpc) is 2.61. The number of hydrogen-bond donors (Lipinski definition) is 1. The minimum Gasteiger partial charge on any atom is -0.481 e. The minimum atomic E-state index is -2.93. The van der Waals surface area contributed by atoms with Crippen LogP contribution in [0.1, 0.15) is 28.8 Å². The normalized spacial score (nSPS) is 10.6. The van der Waals surface area contributed by atoms with Crippen molar-refractivity contribution in [2.24, 2.45) is 0 Å². The first-order valence-corrected chi connectivity index (χ1v) is 8.05. The van der Waals surface area contributed by atoms with Gasteiger partial charge in [-0.15, -0.1) is 0 Å². The third kappa shape index (κ3) is 6.16. The molecule has 0 spiro atoms. The number of amides is 1. The number of alkyl halides is 2. The molecule has 0 heterocycles. The molecule has 0 aliphatic carbocycles. The first kappa shape index (κ1) is 19.4. The van der Waals surface area contributed by atoms with Gasteiger partial charge in [0.15, 0.2) is 0 Å². The molecule has 0 radical (unpaired) electrons. The van der Waals surface area contributed by atoms with Gasteiger partial charge in [0.1, 0.15) is 5.75 Å². The third-order valence-electron chi connectivity index (χ3n) is 3.65. The van der Waals surface area contributed by atoms with Gasteiger partial charge in [0.2, 0.25) is 0 Å². The molecule has 0 fully saturated rings. The van der Waals surface area contributed by atoms with Gasteiger partial charge in [0, 0.05) is 25.1 Å². The standard InChI is InChI=1S/C19H19F2NO4/c20-19(21)26-16-10-8-15(9-11-16)18(25)22(12-4-7-17(23)24)13-14-5-2-1-3-6-14/h1-3,5-6,8-11,19H,4,7,12-13H2,(H,23,24). The fourth-order valence-corrected chi connectivity index (χ4v) is 2.44. The molecule has 0 aliphatic heterocycles. The largest absolute Gasteiger partial charge is 0.481 e. The molecule has 26 heavy (non-hydrogen) atoms.